The Balaban J connectivity index is 2.16. The van der Waals surface area contributed by atoms with Crippen LogP contribution in [0.3, 0.4) is 0 Å². The normalized spacial score (nSPS) is 12.2. The molecular formula is C17H22N2OS. The summed E-state index contributed by atoms with van der Waals surface area (Å²) >= 11 is 1.80. The van der Waals surface area contributed by atoms with Crippen LogP contribution in [-0.2, 0) is 0 Å². The zero-order valence-electron chi connectivity index (χ0n) is 12.7. The molecule has 0 radical (unpaired) electrons. The number of nitrogens with one attached hydrogen (secondary N) is 1. The van der Waals surface area contributed by atoms with Gasteiger partial charge in [-0.2, -0.15) is 0 Å². The molecule has 0 fully saturated rings. The minimum Gasteiger partial charge on any atom is -0.496 e. The third-order valence-electron chi connectivity index (χ3n) is 3.52. The highest BCUT2D eigenvalue weighted by Crippen LogP contribution is 2.30. The van der Waals surface area contributed by atoms with E-state index in [-0.39, 0.29) is 6.04 Å². The van der Waals surface area contributed by atoms with E-state index in [0.29, 0.717) is 0 Å². The van der Waals surface area contributed by atoms with Crippen LogP contribution in [0.15, 0.2) is 47.4 Å². The zero-order valence-corrected chi connectivity index (χ0v) is 13.5. The molecule has 112 valence electrons. The lowest BCUT2D eigenvalue weighted by Crippen LogP contribution is -2.30. The largest absolute Gasteiger partial charge is 0.496 e. The van der Waals surface area contributed by atoms with E-state index >= 15 is 0 Å². The van der Waals surface area contributed by atoms with Crippen LogP contribution in [0.5, 0.6) is 5.75 Å². The summed E-state index contributed by atoms with van der Waals surface area (Å²) in [7, 11) is 1.70. The minimum absolute atomic E-state index is 0.111. The summed E-state index contributed by atoms with van der Waals surface area (Å²) in [6, 6.07) is 14.7. The summed E-state index contributed by atoms with van der Waals surface area (Å²) in [5.41, 5.74) is 6.47. The summed E-state index contributed by atoms with van der Waals surface area (Å²) in [6.45, 7) is 4.15. The first-order valence-corrected chi connectivity index (χ1v) is 7.93. The molecule has 0 aliphatic carbocycles. The predicted molar refractivity (Wildman–Crippen MR) is 89.7 cm³/mol. The van der Waals surface area contributed by atoms with Crippen LogP contribution in [0, 0.1) is 13.8 Å². The van der Waals surface area contributed by atoms with Gasteiger partial charge >= 0.3 is 0 Å². The van der Waals surface area contributed by atoms with Gasteiger partial charge in [0.1, 0.15) is 5.75 Å². The Morgan fingerprint density at radius 2 is 1.86 bits per heavy atom. The van der Waals surface area contributed by atoms with Gasteiger partial charge in [-0.25, -0.2) is 0 Å². The van der Waals surface area contributed by atoms with E-state index in [2.05, 4.69) is 55.7 Å². The number of ether oxygens (including phenoxy) is 1. The maximum atomic E-state index is 5.76. The molecule has 1 atom stereocenters. The number of nitrogens with two attached hydrogens (primary N) is 1. The van der Waals surface area contributed by atoms with Gasteiger partial charge in [0.2, 0.25) is 0 Å². The van der Waals surface area contributed by atoms with E-state index in [4.69, 9.17) is 10.6 Å². The van der Waals surface area contributed by atoms with E-state index in [1.165, 1.54) is 16.0 Å². The van der Waals surface area contributed by atoms with Crippen molar-refractivity contribution in [1.82, 2.24) is 5.43 Å². The number of benzene rings is 2. The van der Waals surface area contributed by atoms with Gasteiger partial charge in [0.15, 0.2) is 0 Å². The highest BCUT2D eigenvalue weighted by atomic mass is 32.2. The van der Waals surface area contributed by atoms with Crippen molar-refractivity contribution < 1.29 is 4.74 Å². The number of thioether (sulfide) groups is 1. The molecule has 0 saturated heterocycles. The van der Waals surface area contributed by atoms with Crippen molar-refractivity contribution in [3.63, 3.8) is 0 Å². The maximum absolute atomic E-state index is 5.76. The van der Waals surface area contributed by atoms with E-state index in [9.17, 15) is 0 Å². The second kappa shape index (κ2) is 7.50. The number of hydrogen-bond acceptors (Lipinski definition) is 4. The lowest BCUT2D eigenvalue weighted by atomic mass is 9.99. The molecule has 4 heteroatoms. The molecule has 2 aromatic carbocycles. The summed E-state index contributed by atoms with van der Waals surface area (Å²) in [5, 5.41) is 0. The molecule has 0 saturated carbocycles. The molecule has 0 bridgehead atoms. The number of rotatable bonds is 6. The average molecular weight is 302 g/mol. The molecular weight excluding hydrogens is 280 g/mol. The number of aryl methyl sites for hydroxylation is 2. The van der Waals surface area contributed by atoms with Crippen LogP contribution in [0.1, 0.15) is 22.7 Å². The minimum atomic E-state index is 0.111. The second-order valence-electron chi connectivity index (χ2n) is 5.02. The first kappa shape index (κ1) is 15.9. The van der Waals surface area contributed by atoms with Crippen LogP contribution < -0.4 is 16.0 Å². The second-order valence-corrected chi connectivity index (χ2v) is 6.12. The highest BCUT2D eigenvalue weighted by Gasteiger charge is 2.15. The topological polar surface area (TPSA) is 47.3 Å². The molecule has 0 aromatic heterocycles. The van der Waals surface area contributed by atoms with E-state index in [1.807, 2.05) is 6.07 Å². The molecule has 3 nitrogen and oxygen atoms in total. The summed E-state index contributed by atoms with van der Waals surface area (Å²) in [5.74, 6) is 7.57. The molecule has 1 unspecified atom stereocenters. The Labute approximate surface area is 130 Å². The Hall–Kier alpha value is -1.49. The quantitative estimate of drug-likeness (QED) is 0.486. The van der Waals surface area contributed by atoms with Crippen LogP contribution in [-0.4, -0.2) is 12.9 Å². The zero-order chi connectivity index (χ0) is 15.2. The van der Waals surface area contributed by atoms with Crippen LogP contribution in [0.4, 0.5) is 0 Å². The van der Waals surface area contributed by atoms with Gasteiger partial charge in [-0.15, -0.1) is 11.8 Å². The Kier molecular flexibility index (Phi) is 5.67. The van der Waals surface area contributed by atoms with Gasteiger partial charge in [0.05, 0.1) is 13.2 Å². The van der Waals surface area contributed by atoms with Gasteiger partial charge in [0.25, 0.3) is 0 Å². The fourth-order valence-electron chi connectivity index (χ4n) is 2.33. The van der Waals surface area contributed by atoms with E-state index in [1.54, 1.807) is 18.9 Å². The van der Waals surface area contributed by atoms with Crippen LogP contribution in [0.2, 0.25) is 0 Å². The van der Waals surface area contributed by atoms with Crippen molar-refractivity contribution in [1.29, 1.82) is 0 Å². The molecule has 0 amide bonds. The smallest absolute Gasteiger partial charge is 0.122 e. The van der Waals surface area contributed by atoms with Crippen molar-refractivity contribution in [2.45, 2.75) is 24.8 Å². The van der Waals surface area contributed by atoms with Gasteiger partial charge in [0, 0.05) is 10.6 Å². The van der Waals surface area contributed by atoms with Crippen molar-refractivity contribution in [3.8, 4) is 5.75 Å². The fourth-order valence-corrected chi connectivity index (χ4v) is 3.32. The third-order valence-corrected chi connectivity index (χ3v) is 4.63. The standard InChI is InChI=1S/C17H22N2OS/c1-12-10-17(20-3)13(2)9-15(12)16(19-18)11-21-14-7-5-4-6-8-14/h4-10,16,19H,11,18H2,1-3H3. The fraction of sp³-hybridized carbons (Fsp3) is 0.294. The van der Waals surface area contributed by atoms with Crippen molar-refractivity contribution >= 4 is 11.8 Å². The molecule has 21 heavy (non-hydrogen) atoms. The van der Waals surface area contributed by atoms with Gasteiger partial charge < -0.3 is 4.74 Å². The molecule has 2 rings (SSSR count). The first-order valence-electron chi connectivity index (χ1n) is 6.94. The molecule has 0 aliphatic rings. The summed E-state index contributed by atoms with van der Waals surface area (Å²) in [4.78, 5) is 1.25. The van der Waals surface area contributed by atoms with Crippen molar-refractivity contribution in [2.24, 2.45) is 5.84 Å². The predicted octanol–water partition coefficient (Wildman–Crippen LogP) is 3.61. The third kappa shape index (κ3) is 4.00. The van der Waals surface area contributed by atoms with Gasteiger partial charge in [-0.1, -0.05) is 24.3 Å². The Morgan fingerprint density at radius 3 is 2.48 bits per heavy atom. The number of hydrazine groups is 1. The molecule has 0 aliphatic heterocycles. The van der Waals surface area contributed by atoms with Crippen LogP contribution in [0.25, 0.3) is 0 Å². The lowest BCUT2D eigenvalue weighted by molar-refractivity contribution is 0.411. The maximum Gasteiger partial charge on any atom is 0.122 e. The average Bonchev–Trinajstić information content (AvgIpc) is 2.51. The molecule has 2 aromatic rings. The van der Waals surface area contributed by atoms with Gasteiger partial charge in [-0.05, 0) is 48.7 Å². The lowest BCUT2D eigenvalue weighted by Gasteiger charge is -2.20. The molecule has 0 heterocycles. The summed E-state index contributed by atoms with van der Waals surface area (Å²) in [6.07, 6.45) is 0. The Morgan fingerprint density at radius 1 is 1.14 bits per heavy atom. The van der Waals surface area contributed by atoms with E-state index in [0.717, 1.165) is 17.1 Å². The van der Waals surface area contributed by atoms with E-state index < -0.39 is 0 Å². The van der Waals surface area contributed by atoms with Crippen molar-refractivity contribution in [2.75, 3.05) is 12.9 Å². The Bertz CT molecular complexity index is 587. The van der Waals surface area contributed by atoms with Crippen molar-refractivity contribution in [3.05, 3.63) is 59.2 Å². The molecule has 0 spiro atoms. The highest BCUT2D eigenvalue weighted by molar-refractivity contribution is 7.99. The first-order chi connectivity index (χ1) is 10.2. The molecule has 3 N–H and O–H groups in total. The number of hydrogen-bond donors (Lipinski definition) is 2. The van der Waals surface area contributed by atoms with Crippen LogP contribution >= 0.6 is 11.8 Å². The number of methoxy groups -OCH3 is 1. The summed E-state index contributed by atoms with van der Waals surface area (Å²) < 4.78 is 5.37. The monoisotopic (exact) mass is 302 g/mol. The van der Waals surface area contributed by atoms with Gasteiger partial charge in [-0.3, -0.25) is 11.3 Å². The SMILES string of the molecule is COc1cc(C)c(C(CSc2ccccc2)NN)cc1C.